The van der Waals surface area contributed by atoms with Crippen molar-refractivity contribution in [3.8, 4) is 11.8 Å². The maximum atomic E-state index is 11.4. The molecule has 0 spiro atoms. The molecular weight excluding hydrogens is 198 g/mol. The molecule has 0 atom stereocenters. The van der Waals surface area contributed by atoms with Crippen LogP contribution in [0, 0.1) is 11.8 Å². The van der Waals surface area contributed by atoms with Crippen LogP contribution >= 0.6 is 0 Å². The normalized spacial score (nSPS) is 9.31. The Kier molecular flexibility index (Phi) is 5.98. The Hall–Kier alpha value is -1.59. The molecule has 2 heteroatoms. The Balaban J connectivity index is 2.15. The minimum atomic E-state index is 0.221. The molecule has 0 heterocycles. The van der Waals surface area contributed by atoms with E-state index in [4.69, 9.17) is 0 Å². The molecule has 0 aliphatic carbocycles. The van der Waals surface area contributed by atoms with Crippen LogP contribution in [-0.4, -0.2) is 12.3 Å². The van der Waals surface area contributed by atoms with Gasteiger partial charge in [-0.1, -0.05) is 30.3 Å². The van der Waals surface area contributed by atoms with E-state index in [-0.39, 0.29) is 5.78 Å². The Morgan fingerprint density at radius 3 is 2.75 bits per heavy atom. The largest absolute Gasteiger partial charge is 0.306 e. The number of hydrogen-bond acceptors (Lipinski definition) is 2. The zero-order chi connectivity index (χ0) is 11.6. The summed E-state index contributed by atoms with van der Waals surface area (Å²) >= 11 is 0. The lowest BCUT2D eigenvalue weighted by molar-refractivity contribution is -0.118. The summed E-state index contributed by atoms with van der Waals surface area (Å²) in [7, 11) is 0. The predicted molar refractivity (Wildman–Crippen MR) is 65.8 cm³/mol. The van der Waals surface area contributed by atoms with Crippen molar-refractivity contribution in [2.75, 3.05) is 6.54 Å². The molecule has 0 amide bonds. The van der Waals surface area contributed by atoms with E-state index in [2.05, 4.69) is 17.2 Å². The van der Waals surface area contributed by atoms with Gasteiger partial charge in [-0.2, -0.15) is 0 Å². The number of benzene rings is 1. The number of Topliss-reactive ketones (excluding diaryl/α,β-unsaturated/α-hetero) is 1. The Morgan fingerprint density at radius 1 is 1.31 bits per heavy atom. The maximum absolute atomic E-state index is 11.4. The Morgan fingerprint density at radius 2 is 2.06 bits per heavy atom. The second kappa shape index (κ2) is 7.67. The molecule has 0 saturated heterocycles. The molecule has 0 aliphatic heterocycles. The van der Waals surface area contributed by atoms with Crippen LogP contribution in [0.25, 0.3) is 0 Å². The van der Waals surface area contributed by atoms with E-state index in [1.807, 2.05) is 30.3 Å². The van der Waals surface area contributed by atoms with Crippen LogP contribution in [0.5, 0.6) is 0 Å². The molecule has 1 N–H and O–H groups in total. The summed E-state index contributed by atoms with van der Waals surface area (Å²) in [5.41, 5.74) is 1.20. The summed E-state index contributed by atoms with van der Waals surface area (Å²) in [5, 5.41) is 3.13. The third-order valence-electron chi connectivity index (χ3n) is 2.20. The number of ketones is 1. The van der Waals surface area contributed by atoms with E-state index in [0.717, 1.165) is 6.54 Å². The second-order valence-corrected chi connectivity index (χ2v) is 3.55. The second-order valence-electron chi connectivity index (χ2n) is 3.55. The number of nitrogens with one attached hydrogen (secondary N) is 1. The van der Waals surface area contributed by atoms with Gasteiger partial charge in [0.15, 0.2) is 0 Å². The zero-order valence-corrected chi connectivity index (χ0v) is 9.62. The van der Waals surface area contributed by atoms with Crippen LogP contribution in [0.15, 0.2) is 30.3 Å². The summed E-state index contributed by atoms with van der Waals surface area (Å²) in [4.78, 5) is 11.4. The van der Waals surface area contributed by atoms with Crippen molar-refractivity contribution in [2.45, 2.75) is 26.3 Å². The molecule has 1 aromatic rings. The van der Waals surface area contributed by atoms with Gasteiger partial charge in [0.2, 0.25) is 0 Å². The Bertz CT molecular complexity index is 373. The minimum Gasteiger partial charge on any atom is -0.306 e. The number of rotatable bonds is 6. The van der Waals surface area contributed by atoms with E-state index < -0.39 is 0 Å². The van der Waals surface area contributed by atoms with Crippen molar-refractivity contribution >= 4 is 5.78 Å². The fraction of sp³-hybridized carbons (Fsp3) is 0.357. The van der Waals surface area contributed by atoms with Gasteiger partial charge in [0, 0.05) is 19.4 Å². The molecule has 0 aromatic heterocycles. The fourth-order valence-electron chi connectivity index (χ4n) is 1.36. The molecule has 0 saturated carbocycles. The smallest absolute Gasteiger partial charge is 0.147 e. The van der Waals surface area contributed by atoms with Gasteiger partial charge in [0.1, 0.15) is 5.78 Å². The Labute approximate surface area is 97.1 Å². The molecule has 84 valence electrons. The average Bonchev–Trinajstić information content (AvgIpc) is 2.31. The summed E-state index contributed by atoms with van der Waals surface area (Å²) in [5.74, 6) is 5.89. The highest BCUT2D eigenvalue weighted by Crippen LogP contribution is 1.97. The first-order valence-corrected chi connectivity index (χ1v) is 5.49. The van der Waals surface area contributed by atoms with Gasteiger partial charge in [-0.25, -0.2) is 0 Å². The van der Waals surface area contributed by atoms with Crippen LogP contribution in [0.1, 0.15) is 25.3 Å². The van der Waals surface area contributed by atoms with Crippen LogP contribution in [0.2, 0.25) is 0 Å². The SMILES string of the molecule is CC#CCCC(=O)CNCc1ccccc1. The van der Waals surface area contributed by atoms with Gasteiger partial charge >= 0.3 is 0 Å². The zero-order valence-electron chi connectivity index (χ0n) is 9.62. The summed E-state index contributed by atoms with van der Waals surface area (Å²) in [6, 6.07) is 10.1. The lowest BCUT2D eigenvalue weighted by Gasteiger charge is -2.03. The number of hydrogen-bond donors (Lipinski definition) is 1. The van der Waals surface area contributed by atoms with Crippen LogP contribution in [0.4, 0.5) is 0 Å². The number of carbonyl (C=O) groups excluding carboxylic acids is 1. The van der Waals surface area contributed by atoms with Crippen molar-refractivity contribution in [1.82, 2.24) is 5.32 Å². The summed E-state index contributed by atoms with van der Waals surface area (Å²) < 4.78 is 0. The summed E-state index contributed by atoms with van der Waals surface area (Å²) in [6.45, 7) is 2.96. The topological polar surface area (TPSA) is 29.1 Å². The molecule has 0 radical (unpaired) electrons. The minimum absolute atomic E-state index is 0.221. The first kappa shape index (κ1) is 12.5. The van der Waals surface area contributed by atoms with Gasteiger partial charge < -0.3 is 5.32 Å². The number of carbonyl (C=O) groups is 1. The quantitative estimate of drug-likeness (QED) is 0.737. The van der Waals surface area contributed by atoms with Crippen molar-refractivity contribution < 1.29 is 4.79 Å². The van der Waals surface area contributed by atoms with Crippen molar-refractivity contribution in [3.05, 3.63) is 35.9 Å². The fourth-order valence-corrected chi connectivity index (χ4v) is 1.36. The van der Waals surface area contributed by atoms with Crippen molar-refractivity contribution in [2.24, 2.45) is 0 Å². The molecular formula is C14H17NO. The van der Waals surface area contributed by atoms with Gasteiger partial charge in [-0.15, -0.1) is 11.8 Å². The molecule has 1 aromatic carbocycles. The van der Waals surface area contributed by atoms with E-state index in [9.17, 15) is 4.79 Å². The average molecular weight is 215 g/mol. The van der Waals surface area contributed by atoms with Gasteiger partial charge in [-0.3, -0.25) is 4.79 Å². The third kappa shape index (κ3) is 5.33. The lowest BCUT2D eigenvalue weighted by atomic mass is 10.2. The molecule has 0 bridgehead atoms. The summed E-state index contributed by atoms with van der Waals surface area (Å²) in [6.07, 6.45) is 1.21. The van der Waals surface area contributed by atoms with Crippen molar-refractivity contribution in [3.63, 3.8) is 0 Å². The highest BCUT2D eigenvalue weighted by atomic mass is 16.1. The molecule has 0 unspecified atom stereocenters. The van der Waals surface area contributed by atoms with E-state index >= 15 is 0 Å². The molecule has 0 fully saturated rings. The van der Waals surface area contributed by atoms with Crippen LogP contribution in [-0.2, 0) is 11.3 Å². The molecule has 16 heavy (non-hydrogen) atoms. The van der Waals surface area contributed by atoms with Crippen LogP contribution < -0.4 is 5.32 Å². The first-order chi connectivity index (χ1) is 7.83. The first-order valence-electron chi connectivity index (χ1n) is 5.49. The van der Waals surface area contributed by atoms with Gasteiger partial charge in [0.05, 0.1) is 6.54 Å². The highest BCUT2D eigenvalue weighted by molar-refractivity contribution is 5.80. The standard InChI is InChI=1S/C14H17NO/c1-2-3-5-10-14(16)12-15-11-13-8-6-4-7-9-13/h4,6-9,15H,5,10-12H2,1H3. The van der Waals surface area contributed by atoms with Gasteiger partial charge in [-0.05, 0) is 12.5 Å². The lowest BCUT2D eigenvalue weighted by Crippen LogP contribution is -2.22. The monoisotopic (exact) mass is 215 g/mol. The van der Waals surface area contributed by atoms with E-state index in [1.54, 1.807) is 6.92 Å². The van der Waals surface area contributed by atoms with E-state index in [0.29, 0.717) is 19.4 Å². The molecule has 0 aliphatic rings. The predicted octanol–water partition coefficient (Wildman–Crippen LogP) is 2.15. The van der Waals surface area contributed by atoms with E-state index in [1.165, 1.54) is 5.56 Å². The van der Waals surface area contributed by atoms with Gasteiger partial charge in [0.25, 0.3) is 0 Å². The maximum Gasteiger partial charge on any atom is 0.147 e. The molecule has 2 nitrogen and oxygen atoms in total. The van der Waals surface area contributed by atoms with Crippen molar-refractivity contribution in [1.29, 1.82) is 0 Å². The molecule has 1 rings (SSSR count). The third-order valence-corrected chi connectivity index (χ3v) is 2.20. The highest BCUT2D eigenvalue weighted by Gasteiger charge is 1.99. The van der Waals surface area contributed by atoms with Crippen LogP contribution in [0.3, 0.4) is 0 Å².